The molecule has 1 aromatic carbocycles. The molecule has 0 aliphatic heterocycles. The number of halogens is 2. The van der Waals surface area contributed by atoms with Gasteiger partial charge in [-0.25, -0.2) is 8.78 Å². The van der Waals surface area contributed by atoms with Gasteiger partial charge in [0.1, 0.15) is 11.6 Å². The van der Waals surface area contributed by atoms with Crippen LogP contribution in [0.3, 0.4) is 0 Å². The molecule has 1 nitrogen and oxygen atoms in total. The van der Waals surface area contributed by atoms with Crippen LogP contribution in [0.25, 0.3) is 0 Å². The Kier molecular flexibility index (Phi) is 5.92. The van der Waals surface area contributed by atoms with Gasteiger partial charge in [0, 0.05) is 23.4 Å². The molecule has 0 amide bonds. The molecule has 2 unspecified atom stereocenters. The van der Waals surface area contributed by atoms with E-state index < -0.39 is 11.6 Å². The molecule has 1 rings (SSSR count). The molecule has 96 valence electrons. The fourth-order valence-corrected chi connectivity index (χ4v) is 2.58. The minimum atomic E-state index is -0.482. The lowest BCUT2D eigenvalue weighted by molar-refractivity contribution is 0.439. The van der Waals surface area contributed by atoms with E-state index >= 15 is 0 Å². The maximum atomic E-state index is 13.6. The van der Waals surface area contributed by atoms with Crippen LogP contribution >= 0.6 is 11.8 Å². The molecule has 0 aliphatic rings. The molecule has 0 fully saturated rings. The van der Waals surface area contributed by atoms with Crippen LogP contribution in [0.5, 0.6) is 0 Å². The standard InChI is InChI=1S/C13H19F2NS/c1-4-10(8-17-3)16-9(2)13-11(14)6-5-7-12(13)15/h5-7,9-10,16H,4,8H2,1-3H3. The number of hydrogen-bond donors (Lipinski definition) is 1. The zero-order valence-corrected chi connectivity index (χ0v) is 11.3. The highest BCUT2D eigenvalue weighted by Gasteiger charge is 2.18. The topological polar surface area (TPSA) is 12.0 Å². The van der Waals surface area contributed by atoms with E-state index in [0.717, 1.165) is 12.2 Å². The third-order valence-corrected chi connectivity index (χ3v) is 3.51. The minimum Gasteiger partial charge on any atom is -0.306 e. The molecule has 0 saturated carbocycles. The second-order valence-corrected chi connectivity index (χ2v) is 4.99. The van der Waals surface area contributed by atoms with E-state index in [9.17, 15) is 8.78 Å². The SMILES string of the molecule is CCC(CSC)NC(C)c1c(F)cccc1F. The average molecular weight is 259 g/mol. The number of thioether (sulfide) groups is 1. The monoisotopic (exact) mass is 259 g/mol. The third kappa shape index (κ3) is 3.96. The second-order valence-electron chi connectivity index (χ2n) is 4.08. The first-order valence-electron chi connectivity index (χ1n) is 5.79. The van der Waals surface area contributed by atoms with E-state index in [-0.39, 0.29) is 17.6 Å². The number of benzene rings is 1. The minimum absolute atomic E-state index is 0.132. The highest BCUT2D eigenvalue weighted by Crippen LogP contribution is 2.21. The lowest BCUT2D eigenvalue weighted by Crippen LogP contribution is -2.33. The first-order chi connectivity index (χ1) is 8.10. The van der Waals surface area contributed by atoms with Crippen LogP contribution in [-0.2, 0) is 0 Å². The molecule has 0 bridgehead atoms. The van der Waals surface area contributed by atoms with Gasteiger partial charge in [0.05, 0.1) is 0 Å². The van der Waals surface area contributed by atoms with Crippen molar-refractivity contribution in [2.24, 2.45) is 0 Å². The van der Waals surface area contributed by atoms with Crippen LogP contribution in [0.2, 0.25) is 0 Å². The van der Waals surface area contributed by atoms with E-state index in [1.807, 2.05) is 6.26 Å². The van der Waals surface area contributed by atoms with Crippen LogP contribution in [0.4, 0.5) is 8.78 Å². The summed E-state index contributed by atoms with van der Waals surface area (Å²) < 4.78 is 27.1. The lowest BCUT2D eigenvalue weighted by atomic mass is 10.1. The van der Waals surface area contributed by atoms with E-state index in [1.54, 1.807) is 18.7 Å². The van der Waals surface area contributed by atoms with Crippen molar-refractivity contribution in [3.05, 3.63) is 35.4 Å². The van der Waals surface area contributed by atoms with E-state index in [4.69, 9.17) is 0 Å². The number of rotatable bonds is 6. The summed E-state index contributed by atoms with van der Waals surface area (Å²) in [4.78, 5) is 0. The summed E-state index contributed by atoms with van der Waals surface area (Å²) in [6, 6.07) is 3.95. The summed E-state index contributed by atoms with van der Waals surface area (Å²) in [6.45, 7) is 3.86. The van der Waals surface area contributed by atoms with E-state index in [0.29, 0.717) is 0 Å². The largest absolute Gasteiger partial charge is 0.306 e. The van der Waals surface area contributed by atoms with Gasteiger partial charge in [0.2, 0.25) is 0 Å². The van der Waals surface area contributed by atoms with Gasteiger partial charge < -0.3 is 5.32 Å². The van der Waals surface area contributed by atoms with Crippen molar-refractivity contribution >= 4 is 11.8 Å². The second kappa shape index (κ2) is 6.97. The van der Waals surface area contributed by atoms with Gasteiger partial charge in [0.15, 0.2) is 0 Å². The Hall–Kier alpha value is -0.610. The first-order valence-corrected chi connectivity index (χ1v) is 7.18. The molecule has 0 saturated heterocycles. The summed E-state index contributed by atoms with van der Waals surface area (Å²) in [7, 11) is 0. The quantitative estimate of drug-likeness (QED) is 0.835. The summed E-state index contributed by atoms with van der Waals surface area (Å²) in [5.74, 6) is -0.0234. The van der Waals surface area contributed by atoms with Gasteiger partial charge in [-0.1, -0.05) is 13.0 Å². The van der Waals surface area contributed by atoms with Crippen LogP contribution in [0, 0.1) is 11.6 Å². The Morgan fingerprint density at radius 3 is 2.35 bits per heavy atom. The van der Waals surface area contributed by atoms with Gasteiger partial charge in [-0.15, -0.1) is 0 Å². The molecule has 0 aliphatic carbocycles. The summed E-state index contributed by atoms with van der Waals surface area (Å²) in [5.41, 5.74) is 0.132. The Morgan fingerprint density at radius 1 is 1.29 bits per heavy atom. The fourth-order valence-electron chi connectivity index (χ4n) is 1.85. The average Bonchev–Trinajstić information content (AvgIpc) is 2.28. The van der Waals surface area contributed by atoms with Crippen LogP contribution in [0.1, 0.15) is 31.9 Å². The first kappa shape index (κ1) is 14.5. The molecule has 1 aromatic rings. The maximum Gasteiger partial charge on any atom is 0.130 e. The van der Waals surface area contributed by atoms with Gasteiger partial charge in [-0.3, -0.25) is 0 Å². The molecule has 0 radical (unpaired) electrons. The van der Waals surface area contributed by atoms with Gasteiger partial charge in [-0.2, -0.15) is 11.8 Å². The van der Waals surface area contributed by atoms with Crippen LogP contribution < -0.4 is 5.32 Å². The van der Waals surface area contributed by atoms with Crippen LogP contribution in [0.15, 0.2) is 18.2 Å². The Labute approximate surface area is 106 Å². The molecular formula is C13H19F2NS. The van der Waals surface area contributed by atoms with Crippen molar-refractivity contribution < 1.29 is 8.78 Å². The molecule has 2 atom stereocenters. The Morgan fingerprint density at radius 2 is 1.88 bits per heavy atom. The van der Waals surface area contributed by atoms with E-state index in [2.05, 4.69) is 12.2 Å². The highest BCUT2D eigenvalue weighted by atomic mass is 32.2. The van der Waals surface area contributed by atoms with Gasteiger partial charge in [-0.05, 0) is 31.7 Å². The number of hydrogen-bond acceptors (Lipinski definition) is 2. The summed E-state index contributed by atoms with van der Waals surface area (Å²) in [6.07, 6.45) is 2.97. The smallest absolute Gasteiger partial charge is 0.130 e. The third-order valence-electron chi connectivity index (χ3n) is 2.78. The fraction of sp³-hybridized carbons (Fsp3) is 0.538. The van der Waals surface area contributed by atoms with Crippen molar-refractivity contribution in [3.8, 4) is 0 Å². The van der Waals surface area contributed by atoms with Crippen molar-refractivity contribution in [2.75, 3.05) is 12.0 Å². The van der Waals surface area contributed by atoms with Gasteiger partial charge in [0.25, 0.3) is 0 Å². The molecule has 0 aromatic heterocycles. The van der Waals surface area contributed by atoms with E-state index in [1.165, 1.54) is 18.2 Å². The molecule has 0 heterocycles. The van der Waals surface area contributed by atoms with Crippen molar-refractivity contribution in [1.82, 2.24) is 5.32 Å². The Balaban J connectivity index is 2.78. The molecule has 1 N–H and O–H groups in total. The van der Waals surface area contributed by atoms with Gasteiger partial charge >= 0.3 is 0 Å². The predicted octanol–water partition coefficient (Wildman–Crippen LogP) is 3.76. The predicted molar refractivity (Wildman–Crippen MR) is 70.4 cm³/mol. The zero-order valence-electron chi connectivity index (χ0n) is 10.5. The Bertz CT molecular complexity index is 337. The summed E-state index contributed by atoms with van der Waals surface area (Å²) >= 11 is 1.73. The molecule has 4 heteroatoms. The zero-order chi connectivity index (χ0) is 12.8. The van der Waals surface area contributed by atoms with Crippen molar-refractivity contribution in [1.29, 1.82) is 0 Å². The molecular weight excluding hydrogens is 240 g/mol. The molecule has 0 spiro atoms. The maximum absolute atomic E-state index is 13.6. The lowest BCUT2D eigenvalue weighted by Gasteiger charge is -2.22. The van der Waals surface area contributed by atoms with Crippen molar-refractivity contribution in [2.45, 2.75) is 32.4 Å². The van der Waals surface area contributed by atoms with Crippen LogP contribution in [-0.4, -0.2) is 18.1 Å². The normalized spacial score (nSPS) is 14.6. The van der Waals surface area contributed by atoms with Crippen molar-refractivity contribution in [3.63, 3.8) is 0 Å². The highest BCUT2D eigenvalue weighted by molar-refractivity contribution is 7.98. The molecule has 17 heavy (non-hydrogen) atoms. The summed E-state index contributed by atoms with van der Waals surface area (Å²) in [5, 5.41) is 3.26. The number of nitrogens with one attached hydrogen (secondary N) is 1.